The van der Waals surface area contributed by atoms with Gasteiger partial charge in [-0.1, -0.05) is 24.3 Å². The fourth-order valence-corrected chi connectivity index (χ4v) is 6.64. The number of ether oxygens (including phenoxy) is 2. The van der Waals surface area contributed by atoms with Gasteiger partial charge in [0, 0.05) is 23.7 Å². The van der Waals surface area contributed by atoms with E-state index >= 15 is 0 Å². The predicted octanol–water partition coefficient (Wildman–Crippen LogP) is 5.63. The predicted molar refractivity (Wildman–Crippen MR) is 134 cm³/mol. The number of nitrogens with one attached hydrogen (secondary N) is 1. The van der Waals surface area contributed by atoms with Crippen LogP contribution in [0.25, 0.3) is 17.2 Å². The van der Waals surface area contributed by atoms with Crippen LogP contribution < -0.4 is 5.32 Å². The van der Waals surface area contributed by atoms with Crippen molar-refractivity contribution in [1.82, 2.24) is 10.3 Å². The van der Waals surface area contributed by atoms with Crippen molar-refractivity contribution >= 4 is 18.1 Å². The summed E-state index contributed by atoms with van der Waals surface area (Å²) in [4.78, 5) is 29.2. The first kappa shape index (κ1) is 24.5. The first-order valence-corrected chi connectivity index (χ1v) is 13.0. The van der Waals surface area contributed by atoms with Crippen molar-refractivity contribution in [2.75, 3.05) is 6.61 Å². The topological polar surface area (TPSA) is 77.5 Å². The van der Waals surface area contributed by atoms with Gasteiger partial charge in [-0.25, -0.2) is 9.18 Å². The Kier molecular flexibility index (Phi) is 7.08. The van der Waals surface area contributed by atoms with Crippen LogP contribution in [0.5, 0.6) is 0 Å². The molecule has 1 aromatic heterocycles. The van der Waals surface area contributed by atoms with E-state index in [-0.39, 0.29) is 47.8 Å². The van der Waals surface area contributed by atoms with Crippen molar-refractivity contribution in [2.45, 2.75) is 51.7 Å². The number of esters is 1. The summed E-state index contributed by atoms with van der Waals surface area (Å²) in [6, 6.07) is 10.4. The normalized spacial score (nSPS) is 31.4. The van der Waals surface area contributed by atoms with Gasteiger partial charge in [-0.3, -0.25) is 9.78 Å². The van der Waals surface area contributed by atoms with Gasteiger partial charge < -0.3 is 14.8 Å². The summed E-state index contributed by atoms with van der Waals surface area (Å²) >= 11 is 0. The summed E-state index contributed by atoms with van der Waals surface area (Å²) in [5.41, 5.74) is 2.48. The quantitative estimate of drug-likeness (QED) is 0.548. The Morgan fingerprint density at radius 1 is 1.22 bits per heavy atom. The molecule has 2 aliphatic carbocycles. The molecule has 1 aromatic carbocycles. The van der Waals surface area contributed by atoms with E-state index in [1.165, 1.54) is 12.1 Å². The molecule has 2 heterocycles. The Morgan fingerprint density at radius 3 is 2.83 bits per heavy atom. The van der Waals surface area contributed by atoms with Gasteiger partial charge in [0.2, 0.25) is 0 Å². The number of carbonyl (C=O) groups is 2. The Hall–Kier alpha value is -3.22. The smallest absolute Gasteiger partial charge is 0.407 e. The van der Waals surface area contributed by atoms with Crippen molar-refractivity contribution in [2.24, 2.45) is 29.6 Å². The van der Waals surface area contributed by atoms with Crippen molar-refractivity contribution in [3.05, 3.63) is 60.2 Å². The largest absolute Gasteiger partial charge is 0.462 e. The molecule has 7 heteroatoms. The molecule has 2 saturated carbocycles. The van der Waals surface area contributed by atoms with E-state index in [0.29, 0.717) is 18.4 Å². The van der Waals surface area contributed by atoms with Crippen molar-refractivity contribution in [1.29, 1.82) is 0 Å². The molecule has 2 aromatic rings. The molecule has 0 radical (unpaired) electrons. The third-order valence-electron chi connectivity index (χ3n) is 8.18. The number of cyclic esters (lactones) is 1. The standard InChI is InChI=1S/C29H33FN2O4/c1-3-35-29(34)32-23-10-11-24-20(14-23)15-26-27(17(2)36-28(26)33)25(24)12-9-22-8-7-19(16-31-22)18-5-4-6-21(30)13-18/h4-9,12-13,16-17,20,23-27H,3,10-11,14-15H2,1-2H3,(H,32,34)/t17-,20-,23-,24+,25+,26-,27-/m0/s1. The highest BCUT2D eigenvalue weighted by atomic mass is 19.1. The van der Waals surface area contributed by atoms with Gasteiger partial charge in [0.25, 0.3) is 0 Å². The molecule has 3 aliphatic rings. The number of alkyl carbamates (subject to hydrolysis) is 1. The molecular formula is C29H33FN2O4. The number of nitrogens with zero attached hydrogens (tertiary/aromatic N) is 1. The minimum Gasteiger partial charge on any atom is -0.462 e. The van der Waals surface area contributed by atoms with Crippen molar-refractivity contribution in [3.8, 4) is 11.1 Å². The van der Waals surface area contributed by atoms with E-state index in [0.717, 1.165) is 42.5 Å². The Balaban J connectivity index is 1.34. The molecule has 1 amide bonds. The van der Waals surface area contributed by atoms with Crippen LogP contribution in [-0.2, 0) is 14.3 Å². The lowest BCUT2D eigenvalue weighted by Crippen LogP contribution is -2.48. The first-order valence-electron chi connectivity index (χ1n) is 13.0. The minimum absolute atomic E-state index is 0.0679. The number of rotatable bonds is 5. The number of fused-ring (bicyclic) bond motifs is 2. The van der Waals surface area contributed by atoms with Gasteiger partial charge in [0.05, 0.1) is 18.2 Å². The van der Waals surface area contributed by atoms with Crippen LogP contribution in [0.4, 0.5) is 9.18 Å². The zero-order chi connectivity index (χ0) is 25.2. The molecule has 190 valence electrons. The molecule has 36 heavy (non-hydrogen) atoms. The molecule has 6 nitrogen and oxygen atoms in total. The average molecular weight is 493 g/mol. The monoisotopic (exact) mass is 492 g/mol. The molecule has 1 N–H and O–H groups in total. The summed E-state index contributed by atoms with van der Waals surface area (Å²) in [7, 11) is 0. The number of aromatic nitrogens is 1. The van der Waals surface area contributed by atoms with Gasteiger partial charge in [-0.05, 0) is 87.1 Å². The molecular weight excluding hydrogens is 459 g/mol. The molecule has 1 saturated heterocycles. The summed E-state index contributed by atoms with van der Waals surface area (Å²) < 4.78 is 24.3. The minimum atomic E-state index is -0.368. The summed E-state index contributed by atoms with van der Waals surface area (Å²) in [6.07, 6.45) is 9.07. The van der Waals surface area contributed by atoms with Gasteiger partial charge >= 0.3 is 12.1 Å². The maximum Gasteiger partial charge on any atom is 0.407 e. The van der Waals surface area contributed by atoms with Crippen LogP contribution >= 0.6 is 0 Å². The number of hydrogen-bond donors (Lipinski definition) is 1. The average Bonchev–Trinajstić information content (AvgIpc) is 3.15. The van der Waals surface area contributed by atoms with Gasteiger partial charge in [-0.2, -0.15) is 0 Å². The molecule has 0 spiro atoms. The van der Waals surface area contributed by atoms with E-state index in [1.54, 1.807) is 19.2 Å². The Bertz CT molecular complexity index is 1130. The Labute approximate surface area is 211 Å². The number of hydrogen-bond acceptors (Lipinski definition) is 5. The number of allylic oxidation sites excluding steroid dienone is 1. The SMILES string of the molecule is CCOC(=O)N[C@H]1CC[C@@H]2[C@@H](C1)C[C@@H]1C(=O)O[C@@H](C)[C@H]1[C@@H]2C=Cc1ccc(-c2cccc(F)c2)cn1. The fourth-order valence-electron chi connectivity index (χ4n) is 6.64. The van der Waals surface area contributed by atoms with E-state index in [4.69, 9.17) is 9.47 Å². The highest BCUT2D eigenvalue weighted by Gasteiger charge is 2.54. The molecule has 7 atom stereocenters. The summed E-state index contributed by atoms with van der Waals surface area (Å²) in [5.74, 6) is 0.629. The van der Waals surface area contributed by atoms with Gasteiger partial charge in [-0.15, -0.1) is 0 Å². The highest BCUT2D eigenvalue weighted by molar-refractivity contribution is 5.75. The lowest BCUT2D eigenvalue weighted by molar-refractivity contribution is -0.144. The summed E-state index contributed by atoms with van der Waals surface area (Å²) in [5, 5.41) is 3.00. The number of pyridine rings is 1. The molecule has 5 rings (SSSR count). The van der Waals surface area contributed by atoms with E-state index in [1.807, 2.05) is 31.2 Å². The van der Waals surface area contributed by atoms with Crippen LogP contribution in [0.3, 0.4) is 0 Å². The number of halogens is 1. The maximum atomic E-state index is 13.6. The number of benzene rings is 1. The van der Waals surface area contributed by atoms with Crippen LogP contribution in [0.15, 0.2) is 48.7 Å². The second-order valence-electron chi connectivity index (χ2n) is 10.3. The number of amides is 1. The molecule has 0 bridgehead atoms. The van der Waals surface area contributed by atoms with Crippen LogP contribution in [0.2, 0.25) is 0 Å². The lowest BCUT2D eigenvalue weighted by Gasteiger charge is -2.47. The third kappa shape index (κ3) is 5.01. The molecule has 1 aliphatic heterocycles. The van der Waals surface area contributed by atoms with Gasteiger partial charge in [0.15, 0.2) is 0 Å². The van der Waals surface area contributed by atoms with E-state index in [9.17, 15) is 14.0 Å². The third-order valence-corrected chi connectivity index (χ3v) is 8.18. The maximum absolute atomic E-state index is 13.6. The van der Waals surface area contributed by atoms with Crippen LogP contribution in [0, 0.1) is 35.4 Å². The second kappa shape index (κ2) is 10.4. The number of carbonyl (C=O) groups excluding carboxylic acids is 2. The zero-order valence-electron chi connectivity index (χ0n) is 20.7. The van der Waals surface area contributed by atoms with Crippen molar-refractivity contribution < 1.29 is 23.5 Å². The van der Waals surface area contributed by atoms with E-state index < -0.39 is 0 Å². The van der Waals surface area contributed by atoms with Crippen molar-refractivity contribution in [3.63, 3.8) is 0 Å². The van der Waals surface area contributed by atoms with E-state index in [2.05, 4.69) is 16.4 Å². The lowest BCUT2D eigenvalue weighted by atomic mass is 9.57. The van der Waals surface area contributed by atoms with Gasteiger partial charge in [0.1, 0.15) is 11.9 Å². The second-order valence-corrected chi connectivity index (χ2v) is 10.3. The fraction of sp³-hybridized carbons (Fsp3) is 0.483. The highest BCUT2D eigenvalue weighted by Crippen LogP contribution is 2.53. The molecule has 3 fully saturated rings. The zero-order valence-corrected chi connectivity index (χ0v) is 20.7. The first-order chi connectivity index (χ1) is 17.4. The van der Waals surface area contributed by atoms with Crippen LogP contribution in [0.1, 0.15) is 45.2 Å². The van der Waals surface area contributed by atoms with Crippen LogP contribution in [-0.4, -0.2) is 35.8 Å². The Morgan fingerprint density at radius 2 is 2.08 bits per heavy atom. The molecule has 0 unspecified atom stereocenters. The summed E-state index contributed by atoms with van der Waals surface area (Å²) in [6.45, 7) is 4.15.